The minimum atomic E-state index is -0.543. The lowest BCUT2D eigenvalue weighted by atomic mass is 9.80. The molecule has 0 radical (unpaired) electrons. The van der Waals surface area contributed by atoms with Crippen LogP contribution in [0.5, 0.6) is 0 Å². The molecule has 0 fully saturated rings. The molecule has 0 aromatic heterocycles. The van der Waals surface area contributed by atoms with Crippen molar-refractivity contribution in [2.24, 2.45) is 5.41 Å². The highest BCUT2D eigenvalue weighted by atomic mass is 16.1. The molecular formula is C11H9NO. The number of rotatable bonds is 1. The number of carbonyl (C=O) groups excluding carboxylic acids is 1. The van der Waals surface area contributed by atoms with Crippen LogP contribution in [-0.2, 0) is 4.79 Å². The zero-order chi connectivity index (χ0) is 9.90. The Labute approximate surface area is 77.6 Å². The SMILES string of the molecule is C#C[C@@]1(CC)C=CC(=O)C(C#N)=C1. The van der Waals surface area contributed by atoms with Crippen molar-refractivity contribution in [2.75, 3.05) is 0 Å². The highest BCUT2D eigenvalue weighted by molar-refractivity contribution is 6.08. The molecule has 1 aliphatic carbocycles. The maximum Gasteiger partial charge on any atom is 0.195 e. The Morgan fingerprint density at radius 2 is 2.38 bits per heavy atom. The van der Waals surface area contributed by atoms with Crippen LogP contribution in [0.25, 0.3) is 0 Å². The average molecular weight is 171 g/mol. The van der Waals surface area contributed by atoms with E-state index in [0.717, 1.165) is 0 Å². The van der Waals surface area contributed by atoms with Crippen LogP contribution in [0.15, 0.2) is 23.8 Å². The van der Waals surface area contributed by atoms with Gasteiger partial charge < -0.3 is 0 Å². The van der Waals surface area contributed by atoms with Crippen molar-refractivity contribution >= 4 is 5.78 Å². The van der Waals surface area contributed by atoms with Crippen molar-refractivity contribution in [1.29, 1.82) is 5.26 Å². The Kier molecular flexibility index (Phi) is 2.35. The predicted molar refractivity (Wildman–Crippen MR) is 49.4 cm³/mol. The Morgan fingerprint density at radius 1 is 1.69 bits per heavy atom. The molecule has 0 saturated heterocycles. The van der Waals surface area contributed by atoms with Gasteiger partial charge in [0.25, 0.3) is 0 Å². The lowest BCUT2D eigenvalue weighted by Crippen LogP contribution is -2.17. The van der Waals surface area contributed by atoms with Crippen LogP contribution in [0.2, 0.25) is 0 Å². The van der Waals surface area contributed by atoms with Crippen LogP contribution < -0.4 is 0 Å². The minimum Gasteiger partial charge on any atom is -0.289 e. The van der Waals surface area contributed by atoms with Crippen molar-refractivity contribution in [2.45, 2.75) is 13.3 Å². The molecule has 0 N–H and O–H groups in total. The number of hydrogen-bond acceptors (Lipinski definition) is 2. The Balaban J connectivity index is 3.17. The van der Waals surface area contributed by atoms with Crippen LogP contribution in [0, 0.1) is 29.1 Å². The summed E-state index contributed by atoms with van der Waals surface area (Å²) in [6.07, 6.45) is 10.7. The van der Waals surface area contributed by atoms with E-state index in [2.05, 4.69) is 5.92 Å². The fraction of sp³-hybridized carbons (Fsp3) is 0.273. The van der Waals surface area contributed by atoms with E-state index in [1.807, 2.05) is 13.0 Å². The first kappa shape index (κ1) is 9.29. The van der Waals surface area contributed by atoms with E-state index in [1.165, 1.54) is 6.08 Å². The maximum absolute atomic E-state index is 11.1. The molecule has 13 heavy (non-hydrogen) atoms. The zero-order valence-corrected chi connectivity index (χ0v) is 7.37. The molecule has 2 heteroatoms. The van der Waals surface area contributed by atoms with E-state index in [9.17, 15) is 4.79 Å². The normalized spacial score (nSPS) is 26.1. The molecule has 0 aromatic carbocycles. The summed E-state index contributed by atoms with van der Waals surface area (Å²) in [6.45, 7) is 1.92. The van der Waals surface area contributed by atoms with Gasteiger partial charge in [-0.15, -0.1) is 6.42 Å². The fourth-order valence-corrected chi connectivity index (χ4v) is 1.19. The first-order valence-electron chi connectivity index (χ1n) is 4.02. The number of nitrogens with zero attached hydrogens (tertiary/aromatic N) is 1. The van der Waals surface area contributed by atoms with Crippen LogP contribution in [0.3, 0.4) is 0 Å². The molecule has 1 atom stereocenters. The summed E-state index contributed by atoms with van der Waals surface area (Å²) in [4.78, 5) is 11.1. The van der Waals surface area contributed by atoms with Crippen LogP contribution in [0.1, 0.15) is 13.3 Å². The third-order valence-corrected chi connectivity index (χ3v) is 2.17. The highest BCUT2D eigenvalue weighted by Crippen LogP contribution is 2.29. The molecular weight excluding hydrogens is 162 g/mol. The molecule has 1 aliphatic rings. The smallest absolute Gasteiger partial charge is 0.195 e. The lowest BCUT2D eigenvalue weighted by molar-refractivity contribution is -0.111. The summed E-state index contributed by atoms with van der Waals surface area (Å²) in [5.41, 5.74) is -0.402. The zero-order valence-electron chi connectivity index (χ0n) is 7.37. The summed E-state index contributed by atoms with van der Waals surface area (Å²) in [6, 6.07) is 1.84. The van der Waals surface area contributed by atoms with E-state index in [1.54, 1.807) is 12.2 Å². The van der Waals surface area contributed by atoms with Gasteiger partial charge in [-0.3, -0.25) is 4.79 Å². The van der Waals surface area contributed by atoms with Crippen LogP contribution in [0.4, 0.5) is 0 Å². The van der Waals surface area contributed by atoms with E-state index in [0.29, 0.717) is 6.42 Å². The average Bonchev–Trinajstić information content (AvgIpc) is 2.19. The quantitative estimate of drug-likeness (QED) is 0.562. The highest BCUT2D eigenvalue weighted by Gasteiger charge is 2.25. The van der Waals surface area contributed by atoms with E-state index in [-0.39, 0.29) is 11.4 Å². The van der Waals surface area contributed by atoms with Gasteiger partial charge in [-0.25, -0.2) is 0 Å². The standard InChI is InChI=1S/C11H9NO/c1-3-11(4-2)6-5-10(13)9(7-11)8-12/h1,5-7H,4H2,2H3/t11-/m1/s1. The summed E-state index contributed by atoms with van der Waals surface area (Å²) in [5.74, 6) is 2.32. The summed E-state index contributed by atoms with van der Waals surface area (Å²) >= 11 is 0. The van der Waals surface area contributed by atoms with Gasteiger partial charge in [0, 0.05) is 0 Å². The molecule has 0 saturated carbocycles. The molecule has 0 aromatic rings. The summed E-state index contributed by atoms with van der Waals surface area (Å²) in [7, 11) is 0. The molecule has 0 spiro atoms. The van der Waals surface area contributed by atoms with E-state index >= 15 is 0 Å². The lowest BCUT2D eigenvalue weighted by Gasteiger charge is -2.21. The van der Waals surface area contributed by atoms with Crippen molar-refractivity contribution in [3.63, 3.8) is 0 Å². The number of hydrogen-bond donors (Lipinski definition) is 0. The van der Waals surface area contributed by atoms with Gasteiger partial charge in [0.15, 0.2) is 5.78 Å². The minimum absolute atomic E-state index is 0.141. The van der Waals surface area contributed by atoms with Crippen molar-refractivity contribution in [3.05, 3.63) is 23.8 Å². The molecule has 1 rings (SSSR count). The third kappa shape index (κ3) is 1.53. The number of terminal acetylenes is 1. The van der Waals surface area contributed by atoms with Crippen LogP contribution in [-0.4, -0.2) is 5.78 Å². The molecule has 0 amide bonds. The van der Waals surface area contributed by atoms with E-state index < -0.39 is 5.41 Å². The number of nitriles is 1. The monoisotopic (exact) mass is 171 g/mol. The number of carbonyl (C=O) groups is 1. The van der Waals surface area contributed by atoms with Gasteiger partial charge in [0.2, 0.25) is 0 Å². The Bertz CT molecular complexity index is 376. The Morgan fingerprint density at radius 3 is 2.85 bits per heavy atom. The van der Waals surface area contributed by atoms with E-state index in [4.69, 9.17) is 11.7 Å². The van der Waals surface area contributed by atoms with Crippen molar-refractivity contribution in [3.8, 4) is 18.4 Å². The molecule has 0 bridgehead atoms. The fourth-order valence-electron chi connectivity index (χ4n) is 1.19. The summed E-state index contributed by atoms with van der Waals surface area (Å²) < 4.78 is 0. The molecule has 0 unspecified atom stereocenters. The third-order valence-electron chi connectivity index (χ3n) is 2.17. The number of ketones is 1. The van der Waals surface area contributed by atoms with Crippen molar-refractivity contribution < 1.29 is 4.79 Å². The first-order chi connectivity index (χ1) is 6.17. The largest absolute Gasteiger partial charge is 0.289 e. The molecule has 64 valence electrons. The maximum atomic E-state index is 11.1. The van der Waals surface area contributed by atoms with Gasteiger partial charge >= 0.3 is 0 Å². The van der Waals surface area contributed by atoms with Gasteiger partial charge in [0.05, 0.1) is 11.0 Å². The van der Waals surface area contributed by atoms with Crippen LogP contribution >= 0.6 is 0 Å². The van der Waals surface area contributed by atoms with Gasteiger partial charge in [-0.05, 0) is 18.6 Å². The van der Waals surface area contributed by atoms with Gasteiger partial charge in [0.1, 0.15) is 6.07 Å². The van der Waals surface area contributed by atoms with Gasteiger partial charge in [-0.1, -0.05) is 18.9 Å². The topological polar surface area (TPSA) is 40.9 Å². The second-order valence-electron chi connectivity index (χ2n) is 2.91. The van der Waals surface area contributed by atoms with Crippen molar-refractivity contribution in [1.82, 2.24) is 0 Å². The second-order valence-corrected chi connectivity index (χ2v) is 2.91. The van der Waals surface area contributed by atoms with Gasteiger partial charge in [-0.2, -0.15) is 5.26 Å². The summed E-state index contributed by atoms with van der Waals surface area (Å²) in [5, 5.41) is 8.64. The molecule has 2 nitrogen and oxygen atoms in total. The molecule has 0 aliphatic heterocycles. The Hall–Kier alpha value is -1.80. The second kappa shape index (κ2) is 3.29. The first-order valence-corrected chi connectivity index (χ1v) is 4.02. The molecule has 0 heterocycles. The predicted octanol–water partition coefficient (Wildman–Crippen LogP) is 1.60. The number of allylic oxidation sites excluding steroid dienone is 4.